The van der Waals surface area contributed by atoms with Crippen LogP contribution >= 0.6 is 0 Å². The van der Waals surface area contributed by atoms with Gasteiger partial charge in [0.25, 0.3) is 0 Å². The summed E-state index contributed by atoms with van der Waals surface area (Å²) >= 11 is 0. The molecule has 0 saturated carbocycles. The molecule has 88 valence electrons. The van der Waals surface area contributed by atoms with Gasteiger partial charge in [-0.2, -0.15) is 0 Å². The molecule has 0 heterocycles. The quantitative estimate of drug-likeness (QED) is 0.841. The van der Waals surface area contributed by atoms with E-state index in [1.807, 2.05) is 36.4 Å². The Kier molecular flexibility index (Phi) is 3.25. The predicted molar refractivity (Wildman–Crippen MR) is 63.1 cm³/mol. The third-order valence-corrected chi connectivity index (χ3v) is 2.43. The van der Waals surface area contributed by atoms with Crippen LogP contribution in [-0.4, -0.2) is 28.9 Å². The number of hydrogen-bond acceptors (Lipinski definition) is 3. The molecule has 0 unspecified atom stereocenters. The molecule has 0 aliphatic carbocycles. The van der Waals surface area contributed by atoms with E-state index in [-0.39, 0.29) is 6.61 Å². The first-order chi connectivity index (χ1) is 8.18. The third kappa shape index (κ3) is 2.54. The summed E-state index contributed by atoms with van der Waals surface area (Å²) in [5, 5.41) is 19.6. The Labute approximate surface area is 98.1 Å². The zero-order valence-corrected chi connectivity index (χ0v) is 9.04. The standard InChI is InChI=1S/C13H12O4/c14-11(13(15)16)8-17-12-7-3-5-9-4-1-2-6-10(9)12/h1-7,11,14H,8H2,(H,15,16)/t11-/m0/s1. The van der Waals surface area contributed by atoms with Gasteiger partial charge in [0, 0.05) is 5.39 Å². The number of hydrogen-bond donors (Lipinski definition) is 2. The van der Waals surface area contributed by atoms with Crippen LogP contribution in [0.15, 0.2) is 42.5 Å². The van der Waals surface area contributed by atoms with Gasteiger partial charge < -0.3 is 14.9 Å². The minimum Gasteiger partial charge on any atom is -0.490 e. The summed E-state index contributed by atoms with van der Waals surface area (Å²) in [5.41, 5.74) is 0. The van der Waals surface area contributed by atoms with Crippen LogP contribution in [0.1, 0.15) is 0 Å². The first kappa shape index (κ1) is 11.4. The molecule has 4 nitrogen and oxygen atoms in total. The fourth-order valence-electron chi connectivity index (χ4n) is 1.56. The van der Waals surface area contributed by atoms with E-state index in [9.17, 15) is 4.79 Å². The summed E-state index contributed by atoms with van der Waals surface area (Å²) in [4.78, 5) is 10.5. The van der Waals surface area contributed by atoms with Crippen molar-refractivity contribution in [3.8, 4) is 5.75 Å². The van der Waals surface area contributed by atoms with Gasteiger partial charge in [0.05, 0.1) is 0 Å². The second-order valence-electron chi connectivity index (χ2n) is 3.64. The van der Waals surface area contributed by atoms with Gasteiger partial charge in [-0.25, -0.2) is 4.79 Å². The van der Waals surface area contributed by atoms with Crippen LogP contribution in [0.3, 0.4) is 0 Å². The molecule has 0 aromatic heterocycles. The molecular weight excluding hydrogens is 220 g/mol. The van der Waals surface area contributed by atoms with Crippen molar-refractivity contribution in [1.29, 1.82) is 0 Å². The van der Waals surface area contributed by atoms with Crippen LogP contribution in [0.25, 0.3) is 10.8 Å². The van der Waals surface area contributed by atoms with E-state index in [1.54, 1.807) is 6.07 Å². The maximum absolute atomic E-state index is 10.5. The van der Waals surface area contributed by atoms with E-state index < -0.39 is 12.1 Å². The highest BCUT2D eigenvalue weighted by atomic mass is 16.5. The number of rotatable bonds is 4. The Morgan fingerprint density at radius 2 is 1.88 bits per heavy atom. The van der Waals surface area contributed by atoms with Crippen molar-refractivity contribution in [3.05, 3.63) is 42.5 Å². The minimum absolute atomic E-state index is 0.261. The van der Waals surface area contributed by atoms with Gasteiger partial charge in [0.15, 0.2) is 6.10 Å². The van der Waals surface area contributed by atoms with Crippen LogP contribution in [0.4, 0.5) is 0 Å². The Hall–Kier alpha value is -2.07. The van der Waals surface area contributed by atoms with Gasteiger partial charge in [-0.3, -0.25) is 0 Å². The molecule has 0 aliphatic rings. The molecule has 0 bridgehead atoms. The van der Waals surface area contributed by atoms with Gasteiger partial charge in [-0.05, 0) is 11.5 Å². The summed E-state index contributed by atoms with van der Waals surface area (Å²) in [5.74, 6) is -0.714. The van der Waals surface area contributed by atoms with Crippen molar-refractivity contribution in [1.82, 2.24) is 0 Å². The number of fused-ring (bicyclic) bond motifs is 1. The summed E-state index contributed by atoms with van der Waals surface area (Å²) < 4.78 is 5.31. The number of carboxylic acid groups (broad SMARTS) is 1. The maximum Gasteiger partial charge on any atom is 0.336 e. The lowest BCUT2D eigenvalue weighted by molar-refractivity contribution is -0.148. The van der Waals surface area contributed by atoms with E-state index in [1.165, 1.54) is 0 Å². The Morgan fingerprint density at radius 3 is 2.65 bits per heavy atom. The lowest BCUT2D eigenvalue weighted by atomic mass is 10.1. The highest BCUT2D eigenvalue weighted by molar-refractivity contribution is 5.88. The summed E-state index contributed by atoms with van der Waals surface area (Å²) in [6.07, 6.45) is -1.51. The van der Waals surface area contributed by atoms with Crippen LogP contribution < -0.4 is 4.74 Å². The van der Waals surface area contributed by atoms with E-state index in [2.05, 4.69) is 0 Å². The van der Waals surface area contributed by atoms with Crippen molar-refractivity contribution in [2.45, 2.75) is 6.10 Å². The van der Waals surface area contributed by atoms with Crippen LogP contribution in [0, 0.1) is 0 Å². The highest BCUT2D eigenvalue weighted by Gasteiger charge is 2.14. The van der Waals surface area contributed by atoms with Crippen molar-refractivity contribution in [2.75, 3.05) is 6.61 Å². The summed E-state index contributed by atoms with van der Waals surface area (Å²) in [7, 11) is 0. The molecule has 0 fully saturated rings. The van der Waals surface area contributed by atoms with Crippen molar-refractivity contribution >= 4 is 16.7 Å². The average molecular weight is 232 g/mol. The molecule has 2 N–H and O–H groups in total. The molecule has 1 atom stereocenters. The number of aliphatic carboxylic acids is 1. The average Bonchev–Trinajstić information content (AvgIpc) is 2.35. The van der Waals surface area contributed by atoms with Crippen molar-refractivity contribution in [3.63, 3.8) is 0 Å². The monoisotopic (exact) mass is 232 g/mol. The molecule has 17 heavy (non-hydrogen) atoms. The minimum atomic E-state index is -1.51. The second kappa shape index (κ2) is 4.84. The number of carbonyl (C=O) groups is 1. The van der Waals surface area contributed by atoms with Gasteiger partial charge in [0.2, 0.25) is 0 Å². The SMILES string of the molecule is O=C(O)[C@@H](O)COc1cccc2ccccc12. The lowest BCUT2D eigenvalue weighted by Gasteiger charge is -2.10. The number of benzene rings is 2. The Balaban J connectivity index is 2.21. The Bertz CT molecular complexity index is 530. The lowest BCUT2D eigenvalue weighted by Crippen LogP contribution is -2.26. The number of carboxylic acids is 1. The molecule has 0 saturated heterocycles. The van der Waals surface area contributed by atoms with Crippen molar-refractivity contribution < 1.29 is 19.7 Å². The third-order valence-electron chi connectivity index (χ3n) is 2.43. The van der Waals surface area contributed by atoms with Crippen LogP contribution in [0.2, 0.25) is 0 Å². The van der Waals surface area contributed by atoms with Crippen molar-refractivity contribution in [2.24, 2.45) is 0 Å². The fourth-order valence-corrected chi connectivity index (χ4v) is 1.56. The molecule has 0 amide bonds. The van der Waals surface area contributed by atoms with Gasteiger partial charge >= 0.3 is 5.97 Å². The molecule has 0 radical (unpaired) electrons. The normalized spacial score (nSPS) is 12.3. The maximum atomic E-state index is 10.5. The number of aliphatic hydroxyl groups excluding tert-OH is 1. The van der Waals surface area contributed by atoms with E-state index >= 15 is 0 Å². The molecular formula is C13H12O4. The molecule has 2 rings (SSSR count). The molecule has 4 heteroatoms. The Morgan fingerprint density at radius 1 is 1.18 bits per heavy atom. The zero-order valence-electron chi connectivity index (χ0n) is 9.04. The van der Waals surface area contributed by atoms with E-state index in [0.717, 1.165) is 10.8 Å². The largest absolute Gasteiger partial charge is 0.490 e. The zero-order chi connectivity index (χ0) is 12.3. The summed E-state index contributed by atoms with van der Waals surface area (Å²) in [6, 6.07) is 13.1. The molecule has 0 aliphatic heterocycles. The molecule has 2 aromatic carbocycles. The second-order valence-corrected chi connectivity index (χ2v) is 3.64. The molecule has 2 aromatic rings. The van der Waals surface area contributed by atoms with Crippen LogP contribution in [-0.2, 0) is 4.79 Å². The first-order valence-corrected chi connectivity index (χ1v) is 5.20. The first-order valence-electron chi connectivity index (χ1n) is 5.20. The predicted octanol–water partition coefficient (Wildman–Crippen LogP) is 1.66. The van der Waals surface area contributed by atoms with E-state index in [4.69, 9.17) is 14.9 Å². The number of aliphatic hydroxyl groups is 1. The van der Waals surface area contributed by atoms with Crippen LogP contribution in [0.5, 0.6) is 5.75 Å². The van der Waals surface area contributed by atoms with Gasteiger partial charge in [-0.15, -0.1) is 0 Å². The van der Waals surface area contributed by atoms with Gasteiger partial charge in [0.1, 0.15) is 12.4 Å². The smallest absolute Gasteiger partial charge is 0.336 e. The molecule has 0 spiro atoms. The van der Waals surface area contributed by atoms with E-state index in [0.29, 0.717) is 5.75 Å². The highest BCUT2D eigenvalue weighted by Crippen LogP contribution is 2.25. The topological polar surface area (TPSA) is 66.8 Å². The summed E-state index contributed by atoms with van der Waals surface area (Å²) in [6.45, 7) is -0.261. The fraction of sp³-hybridized carbons (Fsp3) is 0.154. The number of ether oxygens (including phenoxy) is 1. The van der Waals surface area contributed by atoms with Gasteiger partial charge in [-0.1, -0.05) is 36.4 Å².